The second-order valence-electron chi connectivity index (χ2n) is 7.75. The third-order valence-corrected chi connectivity index (χ3v) is 5.89. The molecule has 6 nitrogen and oxygen atoms in total. The van der Waals surface area contributed by atoms with Gasteiger partial charge < -0.3 is 14.4 Å². The van der Waals surface area contributed by atoms with Gasteiger partial charge >= 0.3 is 0 Å². The third-order valence-electron chi connectivity index (χ3n) is 5.89. The molecule has 2 heterocycles. The zero-order valence-corrected chi connectivity index (χ0v) is 17.4. The number of amides is 1. The molecule has 1 aromatic heterocycles. The molecule has 0 saturated heterocycles. The summed E-state index contributed by atoms with van der Waals surface area (Å²) >= 11 is 0. The molecular weight excluding hydrogens is 397 g/mol. The first-order valence-electron chi connectivity index (χ1n) is 10.7. The lowest BCUT2D eigenvalue weighted by Crippen LogP contribution is -2.32. The second kappa shape index (κ2) is 8.06. The van der Waals surface area contributed by atoms with Gasteiger partial charge in [-0.1, -0.05) is 24.3 Å². The van der Waals surface area contributed by atoms with Crippen LogP contribution in [0.15, 0.2) is 42.5 Å². The molecule has 160 valence electrons. The standard InChI is InChI=1S/C24H24FN3O3/c1-2-27(15-16-7-5-12-21-23(16)31-14-13-30-21)24(29)22-17-8-6-11-19(17)28(26-22)20-10-4-3-9-18(20)25/h3-5,7,9-10,12H,2,6,8,11,13-15H2,1H3. The van der Waals surface area contributed by atoms with E-state index in [2.05, 4.69) is 5.10 Å². The molecule has 3 aromatic rings. The number of ether oxygens (including phenoxy) is 2. The van der Waals surface area contributed by atoms with E-state index in [4.69, 9.17) is 9.47 Å². The smallest absolute Gasteiger partial charge is 0.274 e. The summed E-state index contributed by atoms with van der Waals surface area (Å²) in [6.07, 6.45) is 2.50. The van der Waals surface area contributed by atoms with E-state index in [0.717, 1.165) is 36.1 Å². The average Bonchev–Trinajstić information content (AvgIpc) is 3.41. The fourth-order valence-electron chi connectivity index (χ4n) is 4.37. The van der Waals surface area contributed by atoms with E-state index in [1.807, 2.05) is 25.1 Å². The average molecular weight is 421 g/mol. The maximum atomic E-state index is 14.4. The van der Waals surface area contributed by atoms with Crippen molar-refractivity contribution in [2.45, 2.75) is 32.7 Å². The van der Waals surface area contributed by atoms with Crippen molar-refractivity contribution in [1.29, 1.82) is 0 Å². The van der Waals surface area contributed by atoms with Crippen molar-refractivity contribution in [1.82, 2.24) is 14.7 Å². The summed E-state index contributed by atoms with van der Waals surface area (Å²) in [4.78, 5) is 15.3. The number of benzene rings is 2. The molecule has 31 heavy (non-hydrogen) atoms. The number of nitrogens with zero attached hydrogens (tertiary/aromatic N) is 3. The maximum Gasteiger partial charge on any atom is 0.274 e. The van der Waals surface area contributed by atoms with E-state index >= 15 is 0 Å². The van der Waals surface area contributed by atoms with Gasteiger partial charge in [0.25, 0.3) is 5.91 Å². The van der Waals surface area contributed by atoms with Gasteiger partial charge in [-0.3, -0.25) is 4.79 Å². The minimum atomic E-state index is -0.348. The molecule has 0 saturated carbocycles. The molecule has 5 rings (SSSR count). The fourth-order valence-corrected chi connectivity index (χ4v) is 4.37. The number of halogens is 1. The monoisotopic (exact) mass is 421 g/mol. The second-order valence-corrected chi connectivity index (χ2v) is 7.75. The Morgan fingerprint density at radius 1 is 1.13 bits per heavy atom. The predicted octanol–water partition coefficient (Wildman–Crippen LogP) is 3.93. The van der Waals surface area contributed by atoms with Crippen LogP contribution >= 0.6 is 0 Å². The largest absolute Gasteiger partial charge is 0.486 e. The van der Waals surface area contributed by atoms with Crippen LogP contribution in [0.3, 0.4) is 0 Å². The minimum Gasteiger partial charge on any atom is -0.486 e. The van der Waals surface area contributed by atoms with Crippen molar-refractivity contribution in [3.8, 4) is 17.2 Å². The molecule has 2 aromatic carbocycles. The highest BCUT2D eigenvalue weighted by Gasteiger charge is 2.30. The van der Waals surface area contributed by atoms with E-state index in [1.165, 1.54) is 6.07 Å². The number of hydrogen-bond acceptors (Lipinski definition) is 4. The predicted molar refractivity (Wildman–Crippen MR) is 113 cm³/mol. The van der Waals surface area contributed by atoms with Crippen LogP contribution < -0.4 is 9.47 Å². The van der Waals surface area contributed by atoms with E-state index in [0.29, 0.717) is 49.2 Å². The van der Waals surface area contributed by atoms with Crippen molar-refractivity contribution in [3.05, 3.63) is 70.8 Å². The molecule has 1 aliphatic heterocycles. The Morgan fingerprint density at radius 3 is 2.81 bits per heavy atom. The van der Waals surface area contributed by atoms with E-state index in [-0.39, 0.29) is 11.7 Å². The normalized spacial score (nSPS) is 14.4. The van der Waals surface area contributed by atoms with Crippen LogP contribution in [-0.4, -0.2) is 40.3 Å². The zero-order chi connectivity index (χ0) is 21.4. The van der Waals surface area contributed by atoms with Crippen LogP contribution in [-0.2, 0) is 19.4 Å². The van der Waals surface area contributed by atoms with E-state index in [9.17, 15) is 9.18 Å². The van der Waals surface area contributed by atoms with E-state index < -0.39 is 0 Å². The van der Waals surface area contributed by atoms with Gasteiger partial charge in [-0.05, 0) is 44.4 Å². The number of fused-ring (bicyclic) bond motifs is 2. The van der Waals surface area contributed by atoms with Crippen molar-refractivity contribution in [3.63, 3.8) is 0 Å². The lowest BCUT2D eigenvalue weighted by molar-refractivity contribution is 0.0741. The van der Waals surface area contributed by atoms with Gasteiger partial charge in [0.2, 0.25) is 0 Å². The van der Waals surface area contributed by atoms with Crippen molar-refractivity contribution >= 4 is 5.91 Å². The van der Waals surface area contributed by atoms with Gasteiger partial charge in [0.15, 0.2) is 17.2 Å². The first-order valence-corrected chi connectivity index (χ1v) is 10.7. The Morgan fingerprint density at radius 2 is 1.97 bits per heavy atom. The van der Waals surface area contributed by atoms with Gasteiger partial charge in [0.05, 0.1) is 0 Å². The molecule has 2 aliphatic rings. The molecule has 0 N–H and O–H groups in total. The molecule has 0 unspecified atom stereocenters. The summed E-state index contributed by atoms with van der Waals surface area (Å²) in [5.41, 5.74) is 3.56. The van der Waals surface area contributed by atoms with Crippen LogP contribution in [0.4, 0.5) is 4.39 Å². The highest BCUT2D eigenvalue weighted by atomic mass is 19.1. The maximum absolute atomic E-state index is 14.4. The van der Waals surface area contributed by atoms with Crippen molar-refractivity contribution in [2.75, 3.05) is 19.8 Å². The van der Waals surface area contributed by atoms with Crippen molar-refractivity contribution < 1.29 is 18.7 Å². The Balaban J connectivity index is 1.49. The minimum absolute atomic E-state index is 0.148. The highest BCUT2D eigenvalue weighted by molar-refractivity contribution is 5.94. The molecule has 0 radical (unpaired) electrons. The number of carbonyl (C=O) groups is 1. The summed E-state index contributed by atoms with van der Waals surface area (Å²) in [6, 6.07) is 12.3. The molecule has 0 spiro atoms. The Bertz CT molecular complexity index is 1140. The number of carbonyl (C=O) groups excluding carboxylic acids is 1. The SMILES string of the molecule is CCN(Cc1cccc2c1OCCO2)C(=O)c1nn(-c2ccccc2F)c2c1CCC2. The highest BCUT2D eigenvalue weighted by Crippen LogP contribution is 2.35. The zero-order valence-electron chi connectivity index (χ0n) is 17.4. The van der Waals surface area contributed by atoms with Gasteiger partial charge in [0, 0.05) is 29.9 Å². The number of rotatable bonds is 5. The number of aromatic nitrogens is 2. The quantitative estimate of drug-likeness (QED) is 0.626. The van der Waals surface area contributed by atoms with Crippen LogP contribution in [0.5, 0.6) is 11.5 Å². The summed E-state index contributed by atoms with van der Waals surface area (Å²) in [5.74, 6) is 0.906. The van der Waals surface area contributed by atoms with Crippen LogP contribution in [0, 0.1) is 5.82 Å². The molecular formula is C24H24FN3O3. The molecule has 1 aliphatic carbocycles. The molecule has 0 fully saturated rings. The van der Waals surface area contributed by atoms with Gasteiger partial charge in [-0.15, -0.1) is 0 Å². The van der Waals surface area contributed by atoms with Crippen molar-refractivity contribution in [2.24, 2.45) is 0 Å². The molecule has 0 bridgehead atoms. The lowest BCUT2D eigenvalue weighted by atomic mass is 10.1. The Hall–Kier alpha value is -3.35. The van der Waals surface area contributed by atoms with Crippen LogP contribution in [0.25, 0.3) is 5.69 Å². The van der Waals surface area contributed by atoms with Crippen LogP contribution in [0.1, 0.15) is 40.7 Å². The molecule has 1 amide bonds. The molecule has 7 heteroatoms. The molecule has 0 atom stereocenters. The number of para-hydroxylation sites is 2. The first kappa shape index (κ1) is 19.6. The number of hydrogen-bond donors (Lipinski definition) is 0. The summed E-state index contributed by atoms with van der Waals surface area (Å²) in [7, 11) is 0. The lowest BCUT2D eigenvalue weighted by Gasteiger charge is -2.25. The fraction of sp³-hybridized carbons (Fsp3) is 0.333. The summed E-state index contributed by atoms with van der Waals surface area (Å²) in [6.45, 7) is 3.86. The Kier molecular flexibility index (Phi) is 5.10. The van der Waals surface area contributed by atoms with Crippen LogP contribution in [0.2, 0.25) is 0 Å². The van der Waals surface area contributed by atoms with Gasteiger partial charge in [0.1, 0.15) is 24.7 Å². The topological polar surface area (TPSA) is 56.6 Å². The van der Waals surface area contributed by atoms with E-state index in [1.54, 1.807) is 27.8 Å². The third kappa shape index (κ3) is 3.44. The summed E-state index contributed by atoms with van der Waals surface area (Å²) in [5, 5.41) is 4.59. The Labute approximate surface area is 180 Å². The van der Waals surface area contributed by atoms with Gasteiger partial charge in [-0.25, -0.2) is 9.07 Å². The summed E-state index contributed by atoms with van der Waals surface area (Å²) < 4.78 is 27.5. The first-order chi connectivity index (χ1) is 15.2. The van der Waals surface area contributed by atoms with Gasteiger partial charge in [-0.2, -0.15) is 5.10 Å².